The molecule has 0 saturated heterocycles. The number of halogens is 1. The number of Topliss-reactive ketones (excluding diaryl/α,β-unsaturated/α-hetero) is 1. The maximum atomic E-state index is 12.8. The summed E-state index contributed by atoms with van der Waals surface area (Å²) < 4.78 is 5.02. The molecule has 2 rings (SSSR count). The predicted molar refractivity (Wildman–Crippen MR) is 99.0 cm³/mol. The number of rotatable bonds is 7. The lowest BCUT2D eigenvalue weighted by Crippen LogP contribution is -2.39. The van der Waals surface area contributed by atoms with Crippen LogP contribution in [0, 0.1) is 0 Å². The van der Waals surface area contributed by atoms with E-state index in [1.165, 1.54) is 12.1 Å². The van der Waals surface area contributed by atoms with Crippen LogP contribution < -0.4 is 5.73 Å². The lowest BCUT2D eigenvalue weighted by molar-refractivity contribution is -0.153. The number of hydrogen-bond donors (Lipinski definition) is 1. The van der Waals surface area contributed by atoms with Gasteiger partial charge in [0, 0.05) is 29.1 Å². The monoisotopic (exact) mass is 379 g/mol. The predicted octanol–water partition coefficient (Wildman–Crippen LogP) is 2.82. The molecule has 1 heterocycles. The number of amides is 1. The van der Waals surface area contributed by atoms with E-state index in [1.54, 1.807) is 13.0 Å². The molecule has 0 fully saturated rings. The fraction of sp³-hybridized carbons (Fsp3) is 0.444. The molecule has 2 N–H and O–H groups in total. The first-order valence-electron chi connectivity index (χ1n) is 8.54. The zero-order valence-electron chi connectivity index (χ0n) is 14.8. The number of esters is 1. The van der Waals surface area contributed by atoms with Crippen LogP contribution in [0.3, 0.4) is 0 Å². The number of hydrogen-bond acceptors (Lipinski definition) is 6. The first-order chi connectivity index (χ1) is 12.4. The molecule has 1 aliphatic heterocycles. The van der Waals surface area contributed by atoms with Gasteiger partial charge in [-0.1, -0.05) is 24.9 Å². The number of unbranched alkanes of at least 4 members (excludes halogenated alkanes) is 1. The van der Waals surface area contributed by atoms with E-state index in [9.17, 15) is 14.4 Å². The van der Waals surface area contributed by atoms with Crippen LogP contribution in [-0.2, 0) is 14.3 Å². The van der Waals surface area contributed by atoms with Gasteiger partial charge in [0.25, 0.3) is 0 Å². The molecule has 0 aliphatic carbocycles. The Morgan fingerprint density at radius 2 is 2.08 bits per heavy atom. The summed E-state index contributed by atoms with van der Waals surface area (Å²) in [5, 5.41) is 5.56. The molecule has 7 nitrogen and oxygen atoms in total. The van der Waals surface area contributed by atoms with Crippen molar-refractivity contribution in [1.29, 1.82) is 0 Å². The zero-order chi connectivity index (χ0) is 19.3. The Kier molecular flexibility index (Phi) is 6.74. The minimum Gasteiger partial charge on any atom is -0.464 e. The molecule has 0 aromatic heterocycles. The Hall–Kier alpha value is -2.41. The van der Waals surface area contributed by atoms with Gasteiger partial charge in [-0.2, -0.15) is 5.10 Å². The minimum absolute atomic E-state index is 0.0124. The van der Waals surface area contributed by atoms with Gasteiger partial charge in [-0.25, -0.2) is 9.80 Å². The maximum absolute atomic E-state index is 12.8. The lowest BCUT2D eigenvalue weighted by Gasteiger charge is -2.19. The Balaban J connectivity index is 2.30. The number of nitrogen functional groups attached to an aromatic ring is 1. The van der Waals surface area contributed by atoms with Gasteiger partial charge in [-0.05, 0) is 31.5 Å². The number of anilines is 1. The van der Waals surface area contributed by atoms with Crippen molar-refractivity contribution < 1.29 is 19.1 Å². The molecule has 140 valence electrons. The first-order valence-corrected chi connectivity index (χ1v) is 8.92. The quantitative estimate of drug-likeness (QED) is 0.446. The van der Waals surface area contributed by atoms with Crippen LogP contribution in [0.5, 0.6) is 0 Å². The summed E-state index contributed by atoms with van der Waals surface area (Å²) >= 11 is 5.94. The fourth-order valence-electron chi connectivity index (χ4n) is 2.62. The number of ketones is 1. The van der Waals surface area contributed by atoms with Crippen molar-refractivity contribution in [2.24, 2.45) is 5.10 Å². The number of nitrogens with two attached hydrogens (primary N) is 1. The summed E-state index contributed by atoms with van der Waals surface area (Å²) in [6, 6.07) is 3.62. The molecule has 1 atom stereocenters. The second-order valence-corrected chi connectivity index (χ2v) is 6.36. The van der Waals surface area contributed by atoms with Gasteiger partial charge in [-0.15, -0.1) is 0 Å². The second-order valence-electron chi connectivity index (χ2n) is 5.92. The van der Waals surface area contributed by atoms with Crippen molar-refractivity contribution in [3.8, 4) is 0 Å². The molecule has 1 amide bonds. The van der Waals surface area contributed by atoms with Gasteiger partial charge < -0.3 is 10.5 Å². The van der Waals surface area contributed by atoms with Crippen molar-refractivity contribution in [2.45, 2.75) is 45.6 Å². The SMILES string of the molecule is CCCCC(=O)N1N=C(C(=O)c2cc(Cl)ccc2N)CC1C(=O)OCC. The molecule has 8 heteroatoms. The smallest absolute Gasteiger partial charge is 0.331 e. The highest BCUT2D eigenvalue weighted by atomic mass is 35.5. The van der Waals surface area contributed by atoms with Crippen LogP contribution in [-0.4, -0.2) is 41.0 Å². The summed E-state index contributed by atoms with van der Waals surface area (Å²) in [6.45, 7) is 3.81. The Bertz CT molecular complexity index is 748. The molecule has 0 saturated carbocycles. The van der Waals surface area contributed by atoms with Gasteiger partial charge >= 0.3 is 5.97 Å². The average molecular weight is 380 g/mol. The van der Waals surface area contributed by atoms with E-state index in [4.69, 9.17) is 22.1 Å². The third-order valence-electron chi connectivity index (χ3n) is 3.99. The summed E-state index contributed by atoms with van der Waals surface area (Å²) in [4.78, 5) is 37.4. The van der Waals surface area contributed by atoms with Gasteiger partial charge in [0.2, 0.25) is 11.7 Å². The van der Waals surface area contributed by atoms with Crippen LogP contribution >= 0.6 is 11.6 Å². The summed E-state index contributed by atoms with van der Waals surface area (Å²) in [5.74, 6) is -1.35. The topological polar surface area (TPSA) is 102 Å². The van der Waals surface area contributed by atoms with Crippen LogP contribution in [0.25, 0.3) is 0 Å². The molecular formula is C18H22ClN3O4. The lowest BCUT2D eigenvalue weighted by atomic mass is 10.0. The standard InChI is InChI=1S/C18H22ClN3O4/c1-3-5-6-16(23)22-15(18(25)26-4-2)10-14(21-22)17(24)12-9-11(19)7-8-13(12)20/h7-9,15H,3-6,10,20H2,1-2H3. The molecule has 1 aromatic rings. The molecule has 0 radical (unpaired) electrons. The van der Waals surface area contributed by atoms with Crippen LogP contribution in [0.15, 0.2) is 23.3 Å². The number of hydrazone groups is 1. The van der Waals surface area contributed by atoms with Crippen molar-refractivity contribution in [2.75, 3.05) is 12.3 Å². The van der Waals surface area contributed by atoms with E-state index in [0.29, 0.717) is 11.4 Å². The van der Waals surface area contributed by atoms with E-state index in [1.807, 2.05) is 6.92 Å². The van der Waals surface area contributed by atoms with Gasteiger partial charge in [0.1, 0.15) is 5.71 Å². The highest BCUT2D eigenvalue weighted by Crippen LogP contribution is 2.24. The van der Waals surface area contributed by atoms with Gasteiger partial charge in [0.05, 0.1) is 6.61 Å². The van der Waals surface area contributed by atoms with E-state index in [0.717, 1.165) is 11.4 Å². The van der Waals surface area contributed by atoms with Crippen LogP contribution in [0.4, 0.5) is 5.69 Å². The fourth-order valence-corrected chi connectivity index (χ4v) is 2.79. The molecule has 0 bridgehead atoms. The Labute approximate surface area is 157 Å². The zero-order valence-corrected chi connectivity index (χ0v) is 15.6. The third-order valence-corrected chi connectivity index (χ3v) is 4.23. The number of carbonyl (C=O) groups excluding carboxylic acids is 3. The highest BCUT2D eigenvalue weighted by Gasteiger charge is 2.39. The van der Waals surface area contributed by atoms with Crippen molar-refractivity contribution in [1.82, 2.24) is 5.01 Å². The van der Waals surface area contributed by atoms with Crippen molar-refractivity contribution in [3.05, 3.63) is 28.8 Å². The molecule has 1 unspecified atom stereocenters. The summed E-state index contributed by atoms with van der Waals surface area (Å²) in [7, 11) is 0. The van der Waals surface area contributed by atoms with Crippen LogP contribution in [0.1, 0.15) is 49.9 Å². The van der Waals surface area contributed by atoms with E-state index in [-0.39, 0.29) is 42.3 Å². The Morgan fingerprint density at radius 3 is 2.73 bits per heavy atom. The molecule has 1 aliphatic rings. The number of ether oxygens (including phenoxy) is 1. The second kappa shape index (κ2) is 8.80. The molecule has 1 aromatic carbocycles. The largest absolute Gasteiger partial charge is 0.464 e. The summed E-state index contributed by atoms with van der Waals surface area (Å²) in [6.07, 6.45) is 1.74. The van der Waals surface area contributed by atoms with Gasteiger partial charge in [0.15, 0.2) is 6.04 Å². The minimum atomic E-state index is -0.932. The number of benzene rings is 1. The number of carbonyl (C=O) groups is 3. The van der Waals surface area contributed by atoms with Crippen LogP contribution in [0.2, 0.25) is 5.02 Å². The van der Waals surface area contributed by atoms with E-state index < -0.39 is 17.8 Å². The number of nitrogens with zero attached hydrogens (tertiary/aromatic N) is 2. The Morgan fingerprint density at radius 1 is 1.35 bits per heavy atom. The van der Waals surface area contributed by atoms with E-state index in [2.05, 4.69) is 5.10 Å². The average Bonchev–Trinajstić information content (AvgIpc) is 3.07. The van der Waals surface area contributed by atoms with Crippen molar-refractivity contribution in [3.63, 3.8) is 0 Å². The molecule has 0 spiro atoms. The maximum Gasteiger partial charge on any atom is 0.331 e. The van der Waals surface area contributed by atoms with Crippen molar-refractivity contribution >= 4 is 40.7 Å². The highest BCUT2D eigenvalue weighted by molar-refractivity contribution is 6.48. The third kappa shape index (κ3) is 4.40. The molecule has 26 heavy (non-hydrogen) atoms. The van der Waals surface area contributed by atoms with E-state index >= 15 is 0 Å². The van der Waals surface area contributed by atoms with Gasteiger partial charge in [-0.3, -0.25) is 9.59 Å². The summed E-state index contributed by atoms with van der Waals surface area (Å²) in [5.41, 5.74) is 6.39. The molecular weight excluding hydrogens is 358 g/mol. The first kappa shape index (κ1) is 19.9. The normalized spacial score (nSPS) is 16.3.